The molecular weight excluding hydrogens is 406 g/mol. The molecule has 0 spiro atoms. The fraction of sp³-hybridized carbons (Fsp3) is 0.240. The Labute approximate surface area is 183 Å². The van der Waals surface area contributed by atoms with Gasteiger partial charge in [-0.1, -0.05) is 68.4 Å². The van der Waals surface area contributed by atoms with E-state index in [1.165, 1.54) is 10.8 Å². The minimum Gasteiger partial charge on any atom is -0.276 e. The van der Waals surface area contributed by atoms with E-state index in [1.54, 1.807) is 12.1 Å². The molecule has 4 aromatic rings. The second kappa shape index (κ2) is 8.19. The fourth-order valence-electron chi connectivity index (χ4n) is 3.82. The predicted octanol–water partition coefficient (Wildman–Crippen LogP) is 5.63. The number of benzene rings is 3. The van der Waals surface area contributed by atoms with Crippen LogP contribution in [0.15, 0.2) is 71.6 Å². The van der Waals surface area contributed by atoms with Gasteiger partial charge in [-0.3, -0.25) is 9.40 Å². The molecule has 0 aliphatic rings. The van der Waals surface area contributed by atoms with Gasteiger partial charge < -0.3 is 0 Å². The Bertz CT molecular complexity index is 1330. The normalized spacial score (nSPS) is 11.9. The third kappa shape index (κ3) is 4.21. The highest BCUT2D eigenvalue weighted by Crippen LogP contribution is 2.26. The molecule has 0 aliphatic carbocycles. The Kier molecular flexibility index (Phi) is 5.58. The highest BCUT2D eigenvalue weighted by molar-refractivity contribution is 7.92. The van der Waals surface area contributed by atoms with E-state index in [-0.39, 0.29) is 4.90 Å². The van der Waals surface area contributed by atoms with Crippen LogP contribution in [0.5, 0.6) is 0 Å². The van der Waals surface area contributed by atoms with Gasteiger partial charge in [-0.2, -0.15) is 5.10 Å². The largest absolute Gasteiger partial charge is 0.276 e. The van der Waals surface area contributed by atoms with Crippen LogP contribution in [-0.2, 0) is 16.6 Å². The molecule has 1 aromatic heterocycles. The predicted molar refractivity (Wildman–Crippen MR) is 126 cm³/mol. The van der Waals surface area contributed by atoms with Gasteiger partial charge in [-0.15, -0.1) is 0 Å². The zero-order chi connectivity index (χ0) is 22.2. The van der Waals surface area contributed by atoms with Crippen molar-refractivity contribution in [1.29, 1.82) is 0 Å². The standard InChI is InChI=1S/C25H27N3O2S/c1-17(2)20-12-14-23(15-13-20)31(29,30)27-25-18(3)26-28(19(25)4)16-22-10-7-9-21-8-5-6-11-24(21)22/h5-15,17,27H,16H2,1-4H3. The van der Waals surface area contributed by atoms with E-state index >= 15 is 0 Å². The van der Waals surface area contributed by atoms with E-state index in [4.69, 9.17) is 0 Å². The molecule has 0 fully saturated rings. The molecule has 0 amide bonds. The van der Waals surface area contributed by atoms with Gasteiger partial charge in [0.15, 0.2) is 0 Å². The molecule has 3 aromatic carbocycles. The molecule has 0 unspecified atom stereocenters. The van der Waals surface area contributed by atoms with Crippen LogP contribution >= 0.6 is 0 Å². The van der Waals surface area contributed by atoms with Crippen molar-refractivity contribution in [2.75, 3.05) is 4.72 Å². The molecule has 31 heavy (non-hydrogen) atoms. The molecule has 0 aliphatic heterocycles. The molecule has 1 heterocycles. The van der Waals surface area contributed by atoms with Gasteiger partial charge in [0.25, 0.3) is 10.0 Å². The topological polar surface area (TPSA) is 64.0 Å². The number of aryl methyl sites for hydroxylation is 1. The maximum absolute atomic E-state index is 13.0. The van der Waals surface area contributed by atoms with E-state index in [2.05, 4.69) is 47.9 Å². The number of nitrogens with one attached hydrogen (secondary N) is 1. The van der Waals surface area contributed by atoms with Crippen molar-refractivity contribution in [3.05, 3.63) is 89.2 Å². The number of aromatic nitrogens is 2. The van der Waals surface area contributed by atoms with Crippen molar-refractivity contribution >= 4 is 26.5 Å². The number of fused-ring (bicyclic) bond motifs is 1. The van der Waals surface area contributed by atoms with Crippen molar-refractivity contribution in [1.82, 2.24) is 9.78 Å². The zero-order valence-electron chi connectivity index (χ0n) is 18.3. The Morgan fingerprint density at radius 3 is 2.32 bits per heavy atom. The molecule has 0 bridgehead atoms. The lowest BCUT2D eigenvalue weighted by Gasteiger charge is -2.11. The molecule has 4 rings (SSSR count). The Hall–Kier alpha value is -3.12. The zero-order valence-corrected chi connectivity index (χ0v) is 19.1. The molecule has 0 radical (unpaired) electrons. The summed E-state index contributed by atoms with van der Waals surface area (Å²) in [7, 11) is -3.70. The third-order valence-electron chi connectivity index (χ3n) is 5.68. The summed E-state index contributed by atoms with van der Waals surface area (Å²) in [5.41, 5.74) is 4.22. The second-order valence-corrected chi connectivity index (χ2v) is 9.85. The summed E-state index contributed by atoms with van der Waals surface area (Å²) in [5.74, 6) is 0.349. The fourth-order valence-corrected chi connectivity index (χ4v) is 4.99. The van der Waals surface area contributed by atoms with Crippen LogP contribution in [0.2, 0.25) is 0 Å². The van der Waals surface area contributed by atoms with E-state index in [9.17, 15) is 8.42 Å². The number of hydrogen-bond acceptors (Lipinski definition) is 3. The van der Waals surface area contributed by atoms with Gasteiger partial charge in [0, 0.05) is 0 Å². The molecule has 160 valence electrons. The van der Waals surface area contributed by atoms with E-state index in [1.807, 2.05) is 48.9 Å². The van der Waals surface area contributed by atoms with Gasteiger partial charge in [-0.25, -0.2) is 8.42 Å². The van der Waals surface area contributed by atoms with Crippen LogP contribution < -0.4 is 4.72 Å². The minimum absolute atomic E-state index is 0.248. The van der Waals surface area contributed by atoms with Crippen molar-refractivity contribution in [2.45, 2.75) is 45.1 Å². The molecule has 6 heteroatoms. The Morgan fingerprint density at radius 2 is 1.61 bits per heavy atom. The summed E-state index contributed by atoms with van der Waals surface area (Å²) in [5, 5.41) is 6.96. The van der Waals surface area contributed by atoms with Crippen LogP contribution in [0.3, 0.4) is 0 Å². The van der Waals surface area contributed by atoms with Gasteiger partial charge in [0.1, 0.15) is 0 Å². The monoisotopic (exact) mass is 433 g/mol. The number of sulfonamides is 1. The lowest BCUT2D eigenvalue weighted by Crippen LogP contribution is -2.14. The molecule has 1 N–H and O–H groups in total. The average molecular weight is 434 g/mol. The minimum atomic E-state index is -3.70. The van der Waals surface area contributed by atoms with Crippen LogP contribution in [0.25, 0.3) is 10.8 Å². The molecule has 5 nitrogen and oxygen atoms in total. The Balaban J connectivity index is 1.63. The van der Waals surface area contributed by atoms with E-state index in [0.29, 0.717) is 23.8 Å². The summed E-state index contributed by atoms with van der Waals surface area (Å²) >= 11 is 0. The number of nitrogens with zero attached hydrogens (tertiary/aromatic N) is 2. The second-order valence-electron chi connectivity index (χ2n) is 8.17. The Morgan fingerprint density at radius 1 is 0.935 bits per heavy atom. The third-order valence-corrected chi connectivity index (χ3v) is 7.04. The first kappa shape index (κ1) is 21.1. The lowest BCUT2D eigenvalue weighted by molar-refractivity contribution is 0.601. The van der Waals surface area contributed by atoms with Crippen LogP contribution in [0, 0.1) is 13.8 Å². The van der Waals surface area contributed by atoms with Crippen LogP contribution in [0.4, 0.5) is 5.69 Å². The smallest absolute Gasteiger partial charge is 0.262 e. The molecular formula is C25H27N3O2S. The summed E-state index contributed by atoms with van der Waals surface area (Å²) in [6.07, 6.45) is 0. The van der Waals surface area contributed by atoms with Crippen LogP contribution in [-0.4, -0.2) is 18.2 Å². The maximum atomic E-state index is 13.0. The first-order valence-corrected chi connectivity index (χ1v) is 11.9. The SMILES string of the molecule is Cc1nn(Cc2cccc3ccccc23)c(C)c1NS(=O)(=O)c1ccc(C(C)C)cc1. The summed E-state index contributed by atoms with van der Waals surface area (Å²) in [6, 6.07) is 21.5. The van der Waals surface area contributed by atoms with Crippen molar-refractivity contribution < 1.29 is 8.42 Å². The average Bonchev–Trinajstić information content (AvgIpc) is 3.01. The summed E-state index contributed by atoms with van der Waals surface area (Å²) in [4.78, 5) is 0.248. The van der Waals surface area contributed by atoms with Crippen molar-refractivity contribution in [3.8, 4) is 0 Å². The molecule has 0 atom stereocenters. The summed E-state index contributed by atoms with van der Waals surface area (Å²) in [6.45, 7) is 8.45. The van der Waals surface area contributed by atoms with Gasteiger partial charge in [0.05, 0.1) is 28.5 Å². The molecule has 0 saturated carbocycles. The van der Waals surface area contributed by atoms with Crippen molar-refractivity contribution in [2.24, 2.45) is 0 Å². The highest BCUT2D eigenvalue weighted by Gasteiger charge is 2.20. The van der Waals surface area contributed by atoms with Gasteiger partial charge in [0.2, 0.25) is 0 Å². The highest BCUT2D eigenvalue weighted by atomic mass is 32.2. The number of hydrogen-bond donors (Lipinski definition) is 1. The number of rotatable bonds is 6. The van der Waals surface area contributed by atoms with E-state index < -0.39 is 10.0 Å². The van der Waals surface area contributed by atoms with Crippen LogP contribution in [0.1, 0.15) is 42.3 Å². The first-order valence-electron chi connectivity index (χ1n) is 10.4. The van der Waals surface area contributed by atoms with Gasteiger partial charge >= 0.3 is 0 Å². The summed E-state index contributed by atoms with van der Waals surface area (Å²) < 4.78 is 30.6. The first-order chi connectivity index (χ1) is 14.8. The van der Waals surface area contributed by atoms with Crippen molar-refractivity contribution in [3.63, 3.8) is 0 Å². The quantitative estimate of drug-likeness (QED) is 0.429. The molecule has 0 saturated heterocycles. The number of anilines is 1. The maximum Gasteiger partial charge on any atom is 0.262 e. The van der Waals surface area contributed by atoms with E-state index in [0.717, 1.165) is 16.8 Å². The lowest BCUT2D eigenvalue weighted by atomic mass is 10.0. The van der Waals surface area contributed by atoms with Gasteiger partial charge in [-0.05, 0) is 53.8 Å².